The molecule has 5 rings (SSSR count). The van der Waals surface area contributed by atoms with Gasteiger partial charge in [-0.15, -0.1) is 0 Å². The van der Waals surface area contributed by atoms with Gasteiger partial charge in [0.2, 0.25) is 0 Å². The van der Waals surface area contributed by atoms with Crippen molar-refractivity contribution in [3.05, 3.63) is 143 Å². The second-order valence-corrected chi connectivity index (χ2v) is 12.4. The van der Waals surface area contributed by atoms with E-state index < -0.39 is 23.9 Å². The summed E-state index contributed by atoms with van der Waals surface area (Å²) in [6, 6.07) is 34.5. The van der Waals surface area contributed by atoms with Crippen molar-refractivity contribution in [1.82, 2.24) is 10.6 Å². The molecule has 5 aromatic rings. The predicted molar refractivity (Wildman–Crippen MR) is 192 cm³/mol. The van der Waals surface area contributed by atoms with E-state index in [0.29, 0.717) is 35.9 Å². The Bertz CT molecular complexity index is 1850. The van der Waals surface area contributed by atoms with Crippen molar-refractivity contribution >= 4 is 23.0 Å². The lowest BCUT2D eigenvalue weighted by molar-refractivity contribution is -0.137. The third-order valence-electron chi connectivity index (χ3n) is 7.95. The lowest BCUT2D eigenvalue weighted by Crippen LogP contribution is -2.29. The van der Waals surface area contributed by atoms with Gasteiger partial charge in [0.15, 0.2) is 0 Å². The fourth-order valence-electron chi connectivity index (χ4n) is 5.25. The van der Waals surface area contributed by atoms with Crippen LogP contribution >= 0.6 is 0 Å². The summed E-state index contributed by atoms with van der Waals surface area (Å²) < 4.78 is 48.3. The van der Waals surface area contributed by atoms with Crippen LogP contribution in [0.3, 0.4) is 0 Å². The summed E-state index contributed by atoms with van der Waals surface area (Å²) in [5.74, 6) is 1.66. The zero-order valence-electron chi connectivity index (χ0n) is 28.7. The van der Waals surface area contributed by atoms with Crippen molar-refractivity contribution in [1.29, 1.82) is 0 Å². The maximum Gasteiger partial charge on any atom is 0.416 e. The number of halogens is 3. The van der Waals surface area contributed by atoms with Gasteiger partial charge in [-0.25, -0.2) is 9.59 Å². The van der Waals surface area contributed by atoms with Gasteiger partial charge in [-0.2, -0.15) is 13.2 Å². The minimum absolute atomic E-state index is 0.219. The molecular weight excluding hydrogens is 641 g/mol. The van der Waals surface area contributed by atoms with Gasteiger partial charge in [0.05, 0.1) is 5.56 Å². The second kappa shape index (κ2) is 17.9. The van der Waals surface area contributed by atoms with Gasteiger partial charge in [-0.05, 0) is 82.0 Å². The summed E-state index contributed by atoms with van der Waals surface area (Å²) in [6.07, 6.45) is -4.15. The summed E-state index contributed by atoms with van der Waals surface area (Å²) in [5, 5.41) is 7.88. The van der Waals surface area contributed by atoms with E-state index in [-0.39, 0.29) is 12.5 Å². The van der Waals surface area contributed by atoms with Gasteiger partial charge in [0.25, 0.3) is 0 Å². The van der Waals surface area contributed by atoms with Crippen molar-refractivity contribution < 1.29 is 32.2 Å². The number of hydrogen-bond acceptors (Lipinski definition) is 4. The van der Waals surface area contributed by atoms with Crippen molar-refractivity contribution in [3.8, 4) is 11.5 Å². The van der Waals surface area contributed by atoms with Crippen LogP contribution in [0.2, 0.25) is 0 Å². The van der Waals surface area contributed by atoms with Gasteiger partial charge in [0.1, 0.15) is 11.5 Å². The second-order valence-electron chi connectivity index (χ2n) is 12.4. The Kier molecular flexibility index (Phi) is 13.4. The van der Waals surface area contributed by atoms with Gasteiger partial charge in [-0.3, -0.25) is 0 Å². The van der Waals surface area contributed by atoms with Crippen LogP contribution in [-0.2, 0) is 19.0 Å². The Morgan fingerprint density at radius 1 is 0.580 bits per heavy atom. The summed E-state index contributed by atoms with van der Waals surface area (Å²) in [6.45, 7) is 8.99. The molecule has 0 saturated heterocycles. The molecule has 0 bridgehead atoms. The monoisotopic (exact) mass is 684 g/mol. The van der Waals surface area contributed by atoms with Gasteiger partial charge >= 0.3 is 18.4 Å². The third-order valence-corrected chi connectivity index (χ3v) is 7.95. The van der Waals surface area contributed by atoms with E-state index in [1.54, 1.807) is 12.1 Å². The number of amides is 2. The Morgan fingerprint density at radius 3 is 1.52 bits per heavy atom. The van der Waals surface area contributed by atoms with Crippen LogP contribution in [0.1, 0.15) is 67.3 Å². The van der Waals surface area contributed by atoms with Crippen molar-refractivity contribution in [2.75, 3.05) is 13.1 Å². The number of fused-ring (bicyclic) bond motifs is 1. The average Bonchev–Trinajstić information content (AvgIpc) is 3.08. The fourth-order valence-corrected chi connectivity index (χ4v) is 5.25. The lowest BCUT2D eigenvalue weighted by atomic mass is 10.0. The molecule has 50 heavy (non-hydrogen) atoms. The first-order valence-electron chi connectivity index (χ1n) is 16.6. The molecule has 0 aliphatic carbocycles. The normalized spacial score (nSPS) is 11.1. The number of benzene rings is 5. The van der Waals surface area contributed by atoms with E-state index in [4.69, 9.17) is 9.47 Å². The Balaban J connectivity index is 0.000000225. The fraction of sp³-hybridized carbons (Fsp3) is 0.268. The minimum atomic E-state index is -4.34. The van der Waals surface area contributed by atoms with E-state index in [1.807, 2.05) is 62.4 Å². The maximum absolute atomic E-state index is 12.5. The van der Waals surface area contributed by atoms with E-state index in [9.17, 15) is 22.8 Å². The summed E-state index contributed by atoms with van der Waals surface area (Å²) in [7, 11) is 0. The molecule has 5 aromatic carbocycles. The highest BCUT2D eigenvalue weighted by atomic mass is 19.4. The highest BCUT2D eigenvalue weighted by molar-refractivity contribution is 5.83. The molecule has 0 aliphatic heterocycles. The third kappa shape index (κ3) is 11.4. The maximum atomic E-state index is 12.5. The predicted octanol–water partition coefficient (Wildman–Crippen LogP) is 10.5. The van der Waals surface area contributed by atoms with Gasteiger partial charge in [-0.1, -0.05) is 119 Å². The number of carbonyl (C=O) groups is 2. The molecule has 0 aliphatic rings. The van der Waals surface area contributed by atoms with E-state index in [1.165, 1.54) is 28.5 Å². The Labute approximate surface area is 291 Å². The van der Waals surface area contributed by atoms with Crippen LogP contribution in [0.4, 0.5) is 22.8 Å². The Hall–Kier alpha value is -5.31. The minimum Gasteiger partial charge on any atom is -0.410 e. The van der Waals surface area contributed by atoms with Crippen molar-refractivity contribution in [2.24, 2.45) is 0 Å². The van der Waals surface area contributed by atoms with E-state index in [0.717, 1.165) is 29.7 Å². The summed E-state index contributed by atoms with van der Waals surface area (Å²) in [4.78, 5) is 23.9. The number of ether oxygens (including phenoxy) is 2. The average molecular weight is 685 g/mol. The molecule has 6 nitrogen and oxygen atoms in total. The highest BCUT2D eigenvalue weighted by Gasteiger charge is 2.29. The number of rotatable bonds is 10. The van der Waals surface area contributed by atoms with Crippen LogP contribution in [0.5, 0.6) is 11.5 Å². The van der Waals surface area contributed by atoms with E-state index in [2.05, 4.69) is 54.8 Å². The highest BCUT2D eigenvalue weighted by Crippen LogP contribution is 2.29. The standard InChI is InChI=1S/C22H23NO2.C19H20F3NO2/c1-16(2)20-9-5-6-10-21(20)25-22(24)23-14-13-17-11-12-18-7-3-4-8-19(18)15-17;1-13(2)16-5-3-4-6-17(16)25-18(24)23-12-11-14-7-9-15(10-8-14)19(20,21)22/h3-12,15-16H,13-14H2,1-2H3,(H,23,24);3-10,13H,11-12H2,1-2H3,(H,23,24). The molecule has 0 spiro atoms. The number of alkyl halides is 3. The molecule has 2 N–H and O–H groups in total. The topological polar surface area (TPSA) is 76.7 Å². The van der Waals surface area contributed by atoms with E-state index >= 15 is 0 Å². The van der Waals surface area contributed by atoms with Crippen LogP contribution in [0.15, 0.2) is 115 Å². The quantitative estimate of drug-likeness (QED) is 0.154. The van der Waals surface area contributed by atoms with Crippen LogP contribution in [0.25, 0.3) is 10.8 Å². The largest absolute Gasteiger partial charge is 0.416 e. The van der Waals surface area contributed by atoms with Crippen LogP contribution in [-0.4, -0.2) is 25.3 Å². The first-order valence-corrected chi connectivity index (χ1v) is 16.6. The summed E-state index contributed by atoms with van der Waals surface area (Å²) >= 11 is 0. The summed E-state index contributed by atoms with van der Waals surface area (Å²) in [5.41, 5.74) is 3.18. The zero-order chi connectivity index (χ0) is 36.1. The molecule has 262 valence electrons. The number of hydrogen-bond donors (Lipinski definition) is 2. The van der Waals surface area contributed by atoms with Gasteiger partial charge in [0, 0.05) is 13.1 Å². The Morgan fingerprint density at radius 2 is 1.02 bits per heavy atom. The van der Waals surface area contributed by atoms with Crippen molar-refractivity contribution in [2.45, 2.75) is 58.5 Å². The first-order chi connectivity index (χ1) is 23.9. The molecule has 0 saturated carbocycles. The SMILES string of the molecule is CC(C)c1ccccc1OC(=O)NCCc1ccc(C(F)(F)F)cc1.CC(C)c1ccccc1OC(=O)NCCc1ccc2ccccc2c1. The molecule has 0 unspecified atom stereocenters. The zero-order valence-corrected chi connectivity index (χ0v) is 28.7. The van der Waals surface area contributed by atoms with Crippen LogP contribution < -0.4 is 20.1 Å². The van der Waals surface area contributed by atoms with Crippen molar-refractivity contribution in [3.63, 3.8) is 0 Å². The molecular formula is C41H43F3N2O4. The molecule has 9 heteroatoms. The number of para-hydroxylation sites is 2. The smallest absolute Gasteiger partial charge is 0.410 e. The number of carbonyl (C=O) groups excluding carboxylic acids is 2. The molecule has 0 atom stereocenters. The van der Waals surface area contributed by atoms with Gasteiger partial charge < -0.3 is 20.1 Å². The van der Waals surface area contributed by atoms with Crippen LogP contribution in [0, 0.1) is 0 Å². The molecule has 2 amide bonds. The first kappa shape index (κ1) is 37.5. The molecule has 0 fully saturated rings. The molecule has 0 radical (unpaired) electrons. The number of nitrogens with one attached hydrogen (secondary N) is 2. The lowest BCUT2D eigenvalue weighted by Gasteiger charge is -2.13. The molecule has 0 aromatic heterocycles. The molecule has 0 heterocycles.